The fourth-order valence-electron chi connectivity index (χ4n) is 4.04. The Kier molecular flexibility index (Phi) is 4.47. The molecule has 0 unspecified atom stereocenters. The van der Waals surface area contributed by atoms with Crippen molar-refractivity contribution >= 4 is 17.1 Å². The third-order valence-electron chi connectivity index (χ3n) is 5.70. The van der Waals surface area contributed by atoms with Crippen LogP contribution in [0.2, 0.25) is 0 Å². The summed E-state index contributed by atoms with van der Waals surface area (Å²) in [5.41, 5.74) is 5.34. The van der Waals surface area contributed by atoms with Crippen molar-refractivity contribution in [2.24, 2.45) is 0 Å². The molecule has 0 spiro atoms. The molecule has 1 amide bonds. The number of amides is 1. The maximum Gasteiger partial charge on any atom is 0.276 e. The second-order valence-electron chi connectivity index (χ2n) is 7.72. The van der Waals surface area contributed by atoms with E-state index < -0.39 is 0 Å². The Hall–Kier alpha value is -3.67. The van der Waals surface area contributed by atoms with Gasteiger partial charge in [-0.15, -0.1) is 0 Å². The Morgan fingerprint density at radius 2 is 1.80 bits per heavy atom. The number of aromatic nitrogens is 3. The largest absolute Gasteiger partial charge is 0.312 e. The molecule has 6 nitrogen and oxygen atoms in total. The Morgan fingerprint density at radius 1 is 1.00 bits per heavy atom. The molecule has 0 radical (unpaired) electrons. The monoisotopic (exact) mass is 398 g/mol. The number of hydrogen-bond donors (Lipinski definition) is 0. The first-order valence-corrected chi connectivity index (χ1v) is 10.1. The summed E-state index contributed by atoms with van der Waals surface area (Å²) in [6, 6.07) is 17.7. The van der Waals surface area contributed by atoms with Crippen LogP contribution in [0.15, 0.2) is 71.8 Å². The van der Waals surface area contributed by atoms with Crippen molar-refractivity contribution in [3.05, 3.63) is 88.5 Å². The number of benzene rings is 2. The van der Waals surface area contributed by atoms with Crippen molar-refractivity contribution < 1.29 is 4.79 Å². The number of aryl methyl sites for hydroxylation is 1. The average Bonchev–Trinajstić information content (AvgIpc) is 3.38. The first-order valence-electron chi connectivity index (χ1n) is 10.1. The fourth-order valence-corrected chi connectivity index (χ4v) is 4.04. The van der Waals surface area contributed by atoms with Crippen LogP contribution in [0.4, 0.5) is 5.69 Å². The predicted molar refractivity (Wildman–Crippen MR) is 117 cm³/mol. The Balaban J connectivity index is 1.44. The Morgan fingerprint density at radius 3 is 2.53 bits per heavy atom. The molecule has 0 saturated carbocycles. The normalized spacial score (nSPS) is 14.0. The van der Waals surface area contributed by atoms with Gasteiger partial charge in [0, 0.05) is 36.6 Å². The molecule has 30 heavy (non-hydrogen) atoms. The van der Waals surface area contributed by atoms with Crippen molar-refractivity contribution in [1.82, 2.24) is 14.2 Å². The highest BCUT2D eigenvalue weighted by atomic mass is 16.2. The summed E-state index contributed by atoms with van der Waals surface area (Å²) < 4.78 is 3.33. The van der Waals surface area contributed by atoms with Crippen LogP contribution in [-0.2, 0) is 11.3 Å². The van der Waals surface area contributed by atoms with Crippen molar-refractivity contribution in [1.29, 1.82) is 0 Å². The lowest BCUT2D eigenvalue weighted by Gasteiger charge is -2.16. The van der Waals surface area contributed by atoms with E-state index >= 15 is 0 Å². The molecule has 4 aromatic rings. The number of rotatable bonds is 4. The minimum Gasteiger partial charge on any atom is -0.312 e. The lowest BCUT2D eigenvalue weighted by atomic mass is 10.1. The minimum absolute atomic E-state index is 0.0800. The summed E-state index contributed by atoms with van der Waals surface area (Å²) in [6.07, 6.45) is 5.11. The molecule has 6 heteroatoms. The van der Waals surface area contributed by atoms with Crippen LogP contribution >= 0.6 is 0 Å². The summed E-state index contributed by atoms with van der Waals surface area (Å²) in [4.78, 5) is 26.8. The smallest absolute Gasteiger partial charge is 0.276 e. The van der Waals surface area contributed by atoms with Gasteiger partial charge in [0.2, 0.25) is 5.91 Å². The number of anilines is 1. The van der Waals surface area contributed by atoms with E-state index in [2.05, 4.69) is 5.10 Å². The standard InChI is InChI=1S/C24H22N4O2/c1-17-5-2-3-6-20(17)21-15-22-24(30)26(13-14-28(22)25-21)16-18-8-10-19(11-9-18)27-12-4-7-23(27)29/h2-3,5-6,8-11,13-15H,4,7,12,16H2,1H3. The number of nitrogens with zero attached hydrogens (tertiary/aromatic N) is 4. The molecule has 0 atom stereocenters. The second kappa shape index (κ2) is 7.30. The van der Waals surface area contributed by atoms with Crippen LogP contribution in [-0.4, -0.2) is 26.6 Å². The number of hydrogen-bond acceptors (Lipinski definition) is 3. The second-order valence-corrected chi connectivity index (χ2v) is 7.72. The maximum absolute atomic E-state index is 13.0. The van der Waals surface area contributed by atoms with Gasteiger partial charge in [0.15, 0.2) is 0 Å². The highest BCUT2D eigenvalue weighted by molar-refractivity contribution is 5.95. The van der Waals surface area contributed by atoms with Crippen LogP contribution in [0, 0.1) is 6.92 Å². The van der Waals surface area contributed by atoms with Crippen LogP contribution in [0.5, 0.6) is 0 Å². The Bertz CT molecular complexity index is 1300. The van der Waals surface area contributed by atoms with Crippen molar-refractivity contribution in [2.45, 2.75) is 26.3 Å². The molecule has 1 saturated heterocycles. The molecular formula is C24H22N4O2. The maximum atomic E-state index is 13.0. The van der Waals surface area contributed by atoms with Gasteiger partial charge < -0.3 is 9.47 Å². The van der Waals surface area contributed by atoms with E-state index in [1.807, 2.05) is 72.6 Å². The molecule has 0 N–H and O–H groups in total. The third kappa shape index (κ3) is 3.20. The van der Waals surface area contributed by atoms with Crippen molar-refractivity contribution in [2.75, 3.05) is 11.4 Å². The number of carbonyl (C=O) groups is 1. The highest BCUT2D eigenvalue weighted by Gasteiger charge is 2.21. The summed E-state index contributed by atoms with van der Waals surface area (Å²) in [5, 5.41) is 4.58. The van der Waals surface area contributed by atoms with Gasteiger partial charge in [-0.2, -0.15) is 5.10 Å². The van der Waals surface area contributed by atoms with E-state index in [1.54, 1.807) is 15.3 Å². The van der Waals surface area contributed by atoms with Gasteiger partial charge in [0.1, 0.15) is 5.52 Å². The van der Waals surface area contributed by atoms with Crippen LogP contribution < -0.4 is 10.5 Å². The molecule has 150 valence electrons. The van der Waals surface area contributed by atoms with E-state index in [0.29, 0.717) is 18.5 Å². The van der Waals surface area contributed by atoms with Crippen LogP contribution in [0.25, 0.3) is 16.8 Å². The quantitative estimate of drug-likeness (QED) is 0.527. The van der Waals surface area contributed by atoms with E-state index in [4.69, 9.17) is 0 Å². The third-order valence-corrected chi connectivity index (χ3v) is 5.70. The molecule has 2 aromatic heterocycles. The molecule has 1 aliphatic heterocycles. The molecule has 5 rings (SSSR count). The lowest BCUT2D eigenvalue weighted by molar-refractivity contribution is -0.117. The Labute approximate surface area is 174 Å². The molecule has 1 fully saturated rings. The van der Waals surface area contributed by atoms with Gasteiger partial charge >= 0.3 is 0 Å². The first kappa shape index (κ1) is 18.4. The summed E-state index contributed by atoms with van der Waals surface area (Å²) >= 11 is 0. The highest BCUT2D eigenvalue weighted by Crippen LogP contribution is 2.23. The zero-order valence-corrected chi connectivity index (χ0v) is 16.8. The van der Waals surface area contributed by atoms with Gasteiger partial charge in [-0.3, -0.25) is 9.59 Å². The van der Waals surface area contributed by atoms with Crippen LogP contribution in [0.1, 0.15) is 24.0 Å². The first-order chi connectivity index (χ1) is 14.6. The zero-order valence-electron chi connectivity index (χ0n) is 16.8. The number of carbonyl (C=O) groups excluding carboxylic acids is 1. The van der Waals surface area contributed by atoms with E-state index in [9.17, 15) is 9.59 Å². The minimum atomic E-state index is -0.0800. The summed E-state index contributed by atoms with van der Waals surface area (Å²) in [6.45, 7) is 3.28. The van der Waals surface area contributed by atoms with Crippen molar-refractivity contribution in [3.63, 3.8) is 0 Å². The van der Waals surface area contributed by atoms with Gasteiger partial charge in [-0.1, -0.05) is 36.4 Å². The van der Waals surface area contributed by atoms with Gasteiger partial charge in [0.25, 0.3) is 5.56 Å². The summed E-state index contributed by atoms with van der Waals surface area (Å²) in [5.74, 6) is 0.176. The molecule has 0 aliphatic carbocycles. The molecule has 0 bridgehead atoms. The van der Waals surface area contributed by atoms with E-state index in [0.717, 1.165) is 41.0 Å². The lowest BCUT2D eigenvalue weighted by Crippen LogP contribution is -2.24. The molecular weight excluding hydrogens is 376 g/mol. The van der Waals surface area contributed by atoms with E-state index in [1.165, 1.54) is 0 Å². The fraction of sp³-hybridized carbons (Fsp3) is 0.208. The van der Waals surface area contributed by atoms with Gasteiger partial charge in [-0.25, -0.2) is 4.52 Å². The van der Waals surface area contributed by atoms with E-state index in [-0.39, 0.29) is 11.5 Å². The molecule has 3 heterocycles. The van der Waals surface area contributed by atoms with Gasteiger partial charge in [0.05, 0.1) is 12.2 Å². The topological polar surface area (TPSA) is 59.6 Å². The predicted octanol–water partition coefficient (Wildman–Crippen LogP) is 3.65. The summed E-state index contributed by atoms with van der Waals surface area (Å²) in [7, 11) is 0. The SMILES string of the molecule is Cc1ccccc1-c1cc2c(=O)n(Cc3ccc(N4CCCC4=O)cc3)ccn2n1. The van der Waals surface area contributed by atoms with Gasteiger partial charge in [-0.05, 0) is 42.7 Å². The molecule has 1 aliphatic rings. The zero-order chi connectivity index (χ0) is 20.7. The van der Waals surface area contributed by atoms with Crippen molar-refractivity contribution in [3.8, 4) is 11.3 Å². The number of fused-ring (bicyclic) bond motifs is 1. The van der Waals surface area contributed by atoms with Crippen LogP contribution in [0.3, 0.4) is 0 Å². The molecule has 2 aromatic carbocycles. The average molecular weight is 398 g/mol.